The van der Waals surface area contributed by atoms with Gasteiger partial charge in [-0.1, -0.05) is 54.0 Å². The highest BCUT2D eigenvalue weighted by molar-refractivity contribution is 5.94. The number of nitrogens with one attached hydrogen (secondary N) is 1. The zero-order valence-corrected chi connectivity index (χ0v) is 15.7. The average molecular weight is 323 g/mol. The summed E-state index contributed by atoms with van der Waals surface area (Å²) in [5.74, 6) is 0.734. The first-order chi connectivity index (χ1) is 10.9. The smallest absolute Gasteiger partial charge is 0.229 e. The minimum absolute atomic E-state index is 0.00393. The van der Waals surface area contributed by atoms with Gasteiger partial charge in [0.15, 0.2) is 0 Å². The molecule has 0 spiro atoms. The quantitative estimate of drug-likeness (QED) is 0.802. The summed E-state index contributed by atoms with van der Waals surface area (Å²) in [4.78, 5) is 11.7. The molecule has 1 N–H and O–H groups in total. The molecule has 4 nitrogen and oxygen atoms in total. The Balaban J connectivity index is 0.000000501. The monoisotopic (exact) mass is 323 g/mol. The topological polar surface area (TPSA) is 50.9 Å². The van der Waals surface area contributed by atoms with Crippen LogP contribution < -0.4 is 10.1 Å². The van der Waals surface area contributed by atoms with Crippen molar-refractivity contribution in [2.45, 2.75) is 60.5 Å². The third-order valence-corrected chi connectivity index (χ3v) is 3.02. The minimum atomic E-state index is -0.386. The first kappa shape index (κ1) is 21.4. The van der Waals surface area contributed by atoms with Crippen molar-refractivity contribution in [3.63, 3.8) is 0 Å². The lowest BCUT2D eigenvalue weighted by molar-refractivity contribution is -0.123. The Morgan fingerprint density at radius 1 is 1.35 bits per heavy atom. The summed E-state index contributed by atoms with van der Waals surface area (Å²) < 4.78 is 10.0. The Hall–Kier alpha value is -1.55. The van der Waals surface area contributed by atoms with E-state index in [-0.39, 0.29) is 11.3 Å². The van der Waals surface area contributed by atoms with E-state index in [1.165, 1.54) is 12.8 Å². The van der Waals surface area contributed by atoms with E-state index in [0.29, 0.717) is 6.10 Å². The lowest BCUT2D eigenvalue weighted by Crippen LogP contribution is -2.27. The fourth-order valence-corrected chi connectivity index (χ4v) is 1.58. The van der Waals surface area contributed by atoms with Crippen LogP contribution in [0.25, 0.3) is 0 Å². The van der Waals surface area contributed by atoms with E-state index >= 15 is 0 Å². The molecular weight excluding hydrogens is 290 g/mol. The zero-order valence-electron chi connectivity index (χ0n) is 15.7. The van der Waals surface area contributed by atoms with Crippen LogP contribution in [0.5, 0.6) is 5.75 Å². The molecule has 0 saturated carbocycles. The highest BCUT2D eigenvalue weighted by atomic mass is 16.6. The number of hydrogen-bond donors (Lipinski definition) is 1. The van der Waals surface area contributed by atoms with E-state index in [2.05, 4.69) is 12.2 Å². The van der Waals surface area contributed by atoms with Crippen LogP contribution in [0.2, 0.25) is 0 Å². The molecule has 0 aromatic heterocycles. The van der Waals surface area contributed by atoms with Crippen molar-refractivity contribution < 1.29 is 14.3 Å². The summed E-state index contributed by atoms with van der Waals surface area (Å²) in [7, 11) is 1.60. The molecule has 1 amide bonds. The van der Waals surface area contributed by atoms with Crippen molar-refractivity contribution >= 4 is 11.6 Å². The van der Waals surface area contributed by atoms with Crippen LogP contribution in [-0.2, 0) is 9.53 Å². The van der Waals surface area contributed by atoms with Crippen LogP contribution in [0.3, 0.4) is 0 Å². The van der Waals surface area contributed by atoms with E-state index in [1.807, 2.05) is 52.8 Å². The molecule has 132 valence electrons. The highest BCUT2D eigenvalue weighted by Crippen LogP contribution is 2.20. The van der Waals surface area contributed by atoms with Gasteiger partial charge in [-0.2, -0.15) is 0 Å². The van der Waals surface area contributed by atoms with Crippen molar-refractivity contribution in [3.8, 4) is 5.75 Å². The molecule has 0 aliphatic carbocycles. The molecule has 1 aliphatic rings. The Morgan fingerprint density at radius 2 is 1.96 bits per heavy atom. The molecule has 1 atom stereocenters. The molecule has 1 saturated heterocycles. The number of amides is 1. The fraction of sp³-hybridized carbons (Fsp3) is 0.632. The van der Waals surface area contributed by atoms with Gasteiger partial charge in [-0.3, -0.25) is 4.79 Å². The SMILES string of the molecule is CC.CCCC1CO1.COc1cccc(NC(=O)C(C)(C)C)c1. The van der Waals surface area contributed by atoms with Crippen LogP contribution >= 0.6 is 0 Å². The second-order valence-corrected chi connectivity index (χ2v) is 6.18. The van der Waals surface area contributed by atoms with E-state index in [1.54, 1.807) is 13.2 Å². The maximum absolute atomic E-state index is 11.7. The largest absolute Gasteiger partial charge is 0.497 e. The Kier molecular flexibility index (Phi) is 10.3. The number of methoxy groups -OCH3 is 1. The lowest BCUT2D eigenvalue weighted by atomic mass is 9.95. The third-order valence-electron chi connectivity index (χ3n) is 3.02. The van der Waals surface area contributed by atoms with Gasteiger partial charge in [0.1, 0.15) is 5.75 Å². The molecule has 0 radical (unpaired) electrons. The summed E-state index contributed by atoms with van der Waals surface area (Å²) in [5.41, 5.74) is 0.373. The Bertz CT molecular complexity index is 448. The first-order valence-electron chi connectivity index (χ1n) is 8.44. The molecule has 1 aromatic carbocycles. The fourth-order valence-electron chi connectivity index (χ4n) is 1.58. The second-order valence-electron chi connectivity index (χ2n) is 6.18. The number of hydrogen-bond acceptors (Lipinski definition) is 3. The molecule has 1 fully saturated rings. The van der Waals surface area contributed by atoms with E-state index in [0.717, 1.165) is 18.0 Å². The first-order valence-corrected chi connectivity index (χ1v) is 8.44. The number of carbonyl (C=O) groups excluding carboxylic acids is 1. The van der Waals surface area contributed by atoms with Crippen LogP contribution in [0.4, 0.5) is 5.69 Å². The number of ether oxygens (including phenoxy) is 2. The van der Waals surface area contributed by atoms with E-state index < -0.39 is 0 Å². The predicted octanol–water partition coefficient (Wildman–Crippen LogP) is 4.89. The molecular formula is C19H33NO3. The third kappa shape index (κ3) is 9.95. The van der Waals surface area contributed by atoms with Gasteiger partial charge in [-0.25, -0.2) is 0 Å². The molecule has 0 bridgehead atoms. The molecule has 23 heavy (non-hydrogen) atoms. The van der Waals surface area contributed by atoms with Gasteiger partial charge in [-0.05, 0) is 18.6 Å². The number of benzene rings is 1. The number of rotatable bonds is 4. The average Bonchev–Trinajstić information content (AvgIpc) is 3.34. The zero-order chi connectivity index (χ0) is 17.9. The minimum Gasteiger partial charge on any atom is -0.497 e. The molecule has 1 aliphatic heterocycles. The van der Waals surface area contributed by atoms with Crippen LogP contribution in [0.15, 0.2) is 24.3 Å². The van der Waals surface area contributed by atoms with Crippen LogP contribution in [0, 0.1) is 5.41 Å². The van der Waals surface area contributed by atoms with Crippen molar-refractivity contribution in [2.24, 2.45) is 5.41 Å². The van der Waals surface area contributed by atoms with Gasteiger partial charge in [0.25, 0.3) is 0 Å². The summed E-state index contributed by atoms with van der Waals surface area (Å²) >= 11 is 0. The summed E-state index contributed by atoms with van der Waals surface area (Å²) in [5, 5.41) is 2.84. The van der Waals surface area contributed by atoms with Gasteiger partial charge in [0, 0.05) is 17.2 Å². The number of anilines is 1. The van der Waals surface area contributed by atoms with Gasteiger partial charge in [0.05, 0.1) is 19.8 Å². The van der Waals surface area contributed by atoms with Crippen LogP contribution in [0.1, 0.15) is 54.4 Å². The molecule has 2 rings (SSSR count). The van der Waals surface area contributed by atoms with E-state index in [4.69, 9.17) is 9.47 Å². The molecule has 1 aromatic rings. The second kappa shape index (κ2) is 11.1. The Labute approximate surface area is 141 Å². The Morgan fingerprint density at radius 3 is 2.35 bits per heavy atom. The van der Waals surface area contributed by atoms with Crippen molar-refractivity contribution in [1.29, 1.82) is 0 Å². The molecule has 1 heterocycles. The summed E-state index contributed by atoms with van der Waals surface area (Å²) in [6.45, 7) is 12.8. The summed E-state index contributed by atoms with van der Waals surface area (Å²) in [6.07, 6.45) is 3.18. The van der Waals surface area contributed by atoms with E-state index in [9.17, 15) is 4.79 Å². The van der Waals surface area contributed by atoms with Crippen molar-refractivity contribution in [3.05, 3.63) is 24.3 Å². The van der Waals surface area contributed by atoms with Gasteiger partial charge in [-0.15, -0.1) is 0 Å². The standard InChI is InChI=1S/C12H17NO2.C5H10O.C2H6/c1-12(2,3)11(14)13-9-6-5-7-10(8-9)15-4;1-2-3-5-4-6-5;1-2/h5-8H,1-4H3,(H,13,14);5H,2-4H2,1H3;1-2H3. The molecule has 4 heteroatoms. The normalized spacial score (nSPS) is 15.3. The molecule has 1 unspecified atom stereocenters. The van der Waals surface area contributed by atoms with Crippen molar-refractivity contribution in [1.82, 2.24) is 0 Å². The summed E-state index contributed by atoms with van der Waals surface area (Å²) in [6, 6.07) is 7.32. The van der Waals surface area contributed by atoms with Gasteiger partial charge < -0.3 is 14.8 Å². The van der Waals surface area contributed by atoms with Crippen molar-refractivity contribution in [2.75, 3.05) is 19.0 Å². The van der Waals surface area contributed by atoms with Crippen LogP contribution in [-0.4, -0.2) is 25.7 Å². The number of epoxide rings is 1. The number of carbonyl (C=O) groups is 1. The maximum Gasteiger partial charge on any atom is 0.229 e. The van der Waals surface area contributed by atoms with Gasteiger partial charge in [0.2, 0.25) is 5.91 Å². The maximum atomic E-state index is 11.7. The highest BCUT2D eigenvalue weighted by Gasteiger charge is 2.21. The van der Waals surface area contributed by atoms with Gasteiger partial charge >= 0.3 is 0 Å². The predicted molar refractivity (Wildman–Crippen MR) is 97.1 cm³/mol. The lowest BCUT2D eigenvalue weighted by Gasteiger charge is -2.17.